The maximum absolute atomic E-state index is 12.2. The molecule has 0 fully saturated rings. The van der Waals surface area contributed by atoms with Crippen LogP contribution in [-0.2, 0) is 9.59 Å². The molecule has 1 aromatic carbocycles. The second-order valence-corrected chi connectivity index (χ2v) is 8.34. The molecule has 30 heavy (non-hydrogen) atoms. The highest BCUT2D eigenvalue weighted by molar-refractivity contribution is 6.02. The van der Waals surface area contributed by atoms with Gasteiger partial charge in [-0.25, -0.2) is 0 Å². The van der Waals surface area contributed by atoms with Gasteiger partial charge in [-0.1, -0.05) is 46.0 Å². The molecule has 166 valence electrons. The SMILES string of the molecule is CCC(C)CC(=O)CCCCCCCCC(=O)Nc1cc(C(C)=O)cc(C(C)=O)c1. The third kappa shape index (κ3) is 10.5. The molecule has 0 aliphatic carbocycles. The zero-order valence-corrected chi connectivity index (χ0v) is 19.0. The average Bonchev–Trinajstić information content (AvgIpc) is 2.69. The van der Waals surface area contributed by atoms with Gasteiger partial charge in [-0.2, -0.15) is 0 Å². The van der Waals surface area contributed by atoms with Crippen molar-refractivity contribution >= 4 is 28.9 Å². The molecule has 0 aliphatic heterocycles. The van der Waals surface area contributed by atoms with Gasteiger partial charge in [-0.15, -0.1) is 0 Å². The topological polar surface area (TPSA) is 80.3 Å². The number of anilines is 1. The number of Topliss-reactive ketones (excluding diaryl/α,β-unsaturated/α-hetero) is 3. The van der Waals surface area contributed by atoms with Gasteiger partial charge in [0, 0.05) is 36.1 Å². The van der Waals surface area contributed by atoms with Crippen molar-refractivity contribution in [1.29, 1.82) is 0 Å². The molecule has 0 spiro atoms. The van der Waals surface area contributed by atoms with Crippen LogP contribution in [0.2, 0.25) is 0 Å². The van der Waals surface area contributed by atoms with Gasteiger partial charge in [0.1, 0.15) is 5.78 Å². The lowest BCUT2D eigenvalue weighted by atomic mass is 9.98. The number of benzene rings is 1. The third-order valence-electron chi connectivity index (χ3n) is 5.41. The predicted molar refractivity (Wildman–Crippen MR) is 121 cm³/mol. The van der Waals surface area contributed by atoms with E-state index in [4.69, 9.17) is 0 Å². The molecule has 0 radical (unpaired) electrons. The summed E-state index contributed by atoms with van der Waals surface area (Å²) in [6, 6.07) is 4.77. The minimum atomic E-state index is -0.143. The molecule has 0 aromatic heterocycles. The number of nitrogens with one attached hydrogen (secondary N) is 1. The predicted octanol–water partition coefficient (Wildman–Crippen LogP) is 6.16. The molecule has 1 N–H and O–H groups in total. The number of carbonyl (C=O) groups excluding carboxylic acids is 4. The Morgan fingerprint density at radius 2 is 1.30 bits per heavy atom. The Hall–Kier alpha value is -2.30. The van der Waals surface area contributed by atoms with E-state index in [1.807, 2.05) is 0 Å². The van der Waals surface area contributed by atoms with Crippen molar-refractivity contribution in [3.05, 3.63) is 29.3 Å². The van der Waals surface area contributed by atoms with Crippen LogP contribution in [0.4, 0.5) is 5.69 Å². The van der Waals surface area contributed by atoms with Gasteiger partial charge in [0.2, 0.25) is 5.91 Å². The maximum Gasteiger partial charge on any atom is 0.224 e. The molecule has 0 saturated heterocycles. The number of ketones is 3. The van der Waals surface area contributed by atoms with E-state index in [9.17, 15) is 19.2 Å². The van der Waals surface area contributed by atoms with Crippen LogP contribution in [0, 0.1) is 5.92 Å². The summed E-state index contributed by atoms with van der Waals surface area (Å²) in [7, 11) is 0. The van der Waals surface area contributed by atoms with Crippen LogP contribution < -0.4 is 5.32 Å². The zero-order valence-electron chi connectivity index (χ0n) is 19.0. The molecule has 5 heteroatoms. The van der Waals surface area contributed by atoms with Crippen LogP contribution in [0.1, 0.15) is 113 Å². The van der Waals surface area contributed by atoms with Gasteiger partial charge in [-0.05, 0) is 50.8 Å². The fraction of sp³-hybridized carbons (Fsp3) is 0.600. The van der Waals surface area contributed by atoms with Gasteiger partial charge >= 0.3 is 0 Å². The van der Waals surface area contributed by atoms with E-state index >= 15 is 0 Å². The van der Waals surface area contributed by atoms with Gasteiger partial charge in [0.15, 0.2) is 11.6 Å². The molecular formula is C25H37NO4. The summed E-state index contributed by atoms with van der Waals surface area (Å²) >= 11 is 0. The molecule has 1 amide bonds. The molecule has 1 atom stereocenters. The molecule has 0 aliphatic rings. The first-order valence-corrected chi connectivity index (χ1v) is 11.2. The molecule has 1 unspecified atom stereocenters. The Bertz CT molecular complexity index is 706. The summed E-state index contributed by atoms with van der Waals surface area (Å²) in [5.41, 5.74) is 1.32. The summed E-state index contributed by atoms with van der Waals surface area (Å²) in [4.78, 5) is 47.3. The van der Waals surface area contributed by atoms with Crippen LogP contribution in [0.15, 0.2) is 18.2 Å². The van der Waals surface area contributed by atoms with Crippen LogP contribution in [0.3, 0.4) is 0 Å². The Balaban J connectivity index is 2.25. The normalized spacial score (nSPS) is 11.7. The first-order chi connectivity index (χ1) is 14.2. The van der Waals surface area contributed by atoms with E-state index in [2.05, 4.69) is 19.2 Å². The van der Waals surface area contributed by atoms with Crippen LogP contribution in [0.25, 0.3) is 0 Å². The Morgan fingerprint density at radius 1 is 0.800 bits per heavy atom. The summed E-state index contributed by atoms with van der Waals surface area (Å²) in [5, 5.41) is 2.80. The Labute approximate surface area is 181 Å². The summed E-state index contributed by atoms with van der Waals surface area (Å²) < 4.78 is 0. The summed E-state index contributed by atoms with van der Waals surface area (Å²) in [5.74, 6) is 0.469. The van der Waals surface area contributed by atoms with Crippen molar-refractivity contribution in [3.63, 3.8) is 0 Å². The second kappa shape index (κ2) is 13.8. The van der Waals surface area contributed by atoms with Gasteiger partial charge in [-0.3, -0.25) is 19.2 Å². The summed E-state index contributed by atoms with van der Waals surface area (Å²) in [6.45, 7) is 7.11. The van der Waals surface area contributed by atoms with E-state index in [0.717, 1.165) is 44.9 Å². The number of hydrogen-bond acceptors (Lipinski definition) is 4. The minimum Gasteiger partial charge on any atom is -0.326 e. The average molecular weight is 416 g/mol. The van der Waals surface area contributed by atoms with Crippen LogP contribution in [-0.4, -0.2) is 23.3 Å². The fourth-order valence-electron chi connectivity index (χ4n) is 3.28. The van der Waals surface area contributed by atoms with Gasteiger partial charge < -0.3 is 5.32 Å². The van der Waals surface area contributed by atoms with E-state index < -0.39 is 0 Å². The van der Waals surface area contributed by atoms with Crippen molar-refractivity contribution in [2.24, 2.45) is 5.92 Å². The molecule has 0 heterocycles. The first-order valence-electron chi connectivity index (χ1n) is 11.2. The lowest BCUT2D eigenvalue weighted by molar-refractivity contribution is -0.120. The first kappa shape index (κ1) is 25.7. The lowest BCUT2D eigenvalue weighted by Gasteiger charge is -2.09. The van der Waals surface area contributed by atoms with E-state index in [0.29, 0.717) is 47.8 Å². The molecule has 0 bridgehead atoms. The van der Waals surface area contributed by atoms with Crippen molar-refractivity contribution < 1.29 is 19.2 Å². The number of unbranched alkanes of at least 4 members (excludes halogenated alkanes) is 5. The Kier molecular flexibility index (Phi) is 11.9. The zero-order chi connectivity index (χ0) is 22.5. The lowest BCUT2D eigenvalue weighted by Crippen LogP contribution is -2.12. The van der Waals surface area contributed by atoms with Crippen molar-refractivity contribution in [2.45, 2.75) is 91.9 Å². The van der Waals surface area contributed by atoms with Crippen molar-refractivity contribution in [1.82, 2.24) is 0 Å². The number of amides is 1. The van der Waals surface area contributed by atoms with E-state index in [1.54, 1.807) is 18.2 Å². The minimum absolute atomic E-state index is 0.110. The number of carbonyl (C=O) groups is 4. The van der Waals surface area contributed by atoms with Crippen molar-refractivity contribution in [3.8, 4) is 0 Å². The molecule has 0 saturated carbocycles. The number of hydrogen-bond donors (Lipinski definition) is 1. The Morgan fingerprint density at radius 3 is 1.80 bits per heavy atom. The smallest absolute Gasteiger partial charge is 0.224 e. The quantitative estimate of drug-likeness (QED) is 0.275. The van der Waals surface area contributed by atoms with E-state index in [-0.39, 0.29) is 17.5 Å². The van der Waals surface area contributed by atoms with Crippen molar-refractivity contribution in [2.75, 3.05) is 5.32 Å². The molecule has 1 aromatic rings. The molecular weight excluding hydrogens is 378 g/mol. The van der Waals surface area contributed by atoms with Crippen LogP contribution >= 0.6 is 0 Å². The fourth-order valence-corrected chi connectivity index (χ4v) is 3.28. The summed E-state index contributed by atoms with van der Waals surface area (Å²) in [6.07, 6.45) is 8.79. The molecule has 5 nitrogen and oxygen atoms in total. The maximum atomic E-state index is 12.2. The second-order valence-electron chi connectivity index (χ2n) is 8.34. The number of rotatable bonds is 15. The molecule has 1 rings (SSSR count). The highest BCUT2D eigenvalue weighted by Crippen LogP contribution is 2.18. The third-order valence-corrected chi connectivity index (χ3v) is 5.41. The van der Waals surface area contributed by atoms with Crippen LogP contribution in [0.5, 0.6) is 0 Å². The highest BCUT2D eigenvalue weighted by Gasteiger charge is 2.10. The van der Waals surface area contributed by atoms with Gasteiger partial charge in [0.25, 0.3) is 0 Å². The highest BCUT2D eigenvalue weighted by atomic mass is 16.2. The standard InChI is InChI=1S/C25H37NO4/c1-5-18(2)14-24(29)12-10-8-6-7-9-11-13-25(30)26-23-16-21(19(3)27)15-22(17-23)20(4)28/h15-18H,5-14H2,1-4H3,(H,26,30). The monoisotopic (exact) mass is 415 g/mol. The largest absolute Gasteiger partial charge is 0.326 e. The van der Waals surface area contributed by atoms with E-state index in [1.165, 1.54) is 13.8 Å². The van der Waals surface area contributed by atoms with Gasteiger partial charge in [0.05, 0.1) is 0 Å².